The van der Waals surface area contributed by atoms with Crippen molar-refractivity contribution in [1.82, 2.24) is 20.2 Å². The lowest BCUT2D eigenvalue weighted by atomic mass is 10.1. The predicted octanol–water partition coefficient (Wildman–Crippen LogP) is 3.10. The highest BCUT2D eigenvalue weighted by molar-refractivity contribution is 6.04. The summed E-state index contributed by atoms with van der Waals surface area (Å²) in [5, 5.41) is 12.5. The van der Waals surface area contributed by atoms with Crippen LogP contribution < -0.4 is 9.64 Å². The van der Waals surface area contributed by atoms with E-state index in [0.29, 0.717) is 18.7 Å². The van der Waals surface area contributed by atoms with Crippen LogP contribution in [-0.4, -0.2) is 33.2 Å². The van der Waals surface area contributed by atoms with Crippen LogP contribution in [0.2, 0.25) is 0 Å². The average molecular weight is 363 g/mol. The van der Waals surface area contributed by atoms with Crippen molar-refractivity contribution in [3.05, 3.63) is 77.9 Å². The van der Waals surface area contributed by atoms with Crippen LogP contribution in [-0.2, 0) is 13.1 Å². The number of nitrogens with zero attached hydrogens (tertiary/aromatic N) is 5. The van der Waals surface area contributed by atoms with Crippen molar-refractivity contribution >= 4 is 11.9 Å². The van der Waals surface area contributed by atoms with Gasteiger partial charge in [0.2, 0.25) is 0 Å². The van der Waals surface area contributed by atoms with Gasteiger partial charge in [-0.05, 0) is 42.0 Å². The predicted molar refractivity (Wildman–Crippen MR) is 103 cm³/mol. The van der Waals surface area contributed by atoms with Crippen molar-refractivity contribution in [3.63, 3.8) is 0 Å². The number of ether oxygens (including phenoxy) is 1. The highest BCUT2D eigenvalue weighted by atomic mass is 16.5. The second kappa shape index (κ2) is 8.75. The zero-order valence-electron chi connectivity index (χ0n) is 15.3. The first-order valence-electron chi connectivity index (χ1n) is 8.60. The number of hydrogen-bond acceptors (Lipinski definition) is 5. The molecule has 0 spiro atoms. The van der Waals surface area contributed by atoms with Gasteiger partial charge in [-0.2, -0.15) is 4.80 Å². The topological polar surface area (TPSA) is 73.1 Å². The number of amides is 1. The summed E-state index contributed by atoms with van der Waals surface area (Å²) in [7, 11) is 1.61. The number of allylic oxidation sites excluding steroid dienone is 2. The molecule has 0 atom stereocenters. The Labute approximate surface area is 157 Å². The minimum absolute atomic E-state index is 0.191. The van der Waals surface area contributed by atoms with E-state index in [-0.39, 0.29) is 11.9 Å². The Hall–Kier alpha value is -3.48. The third-order valence-corrected chi connectivity index (χ3v) is 3.93. The van der Waals surface area contributed by atoms with Crippen LogP contribution in [0.1, 0.15) is 22.8 Å². The molecule has 0 aliphatic carbocycles. The molecular weight excluding hydrogens is 342 g/mol. The van der Waals surface area contributed by atoms with Gasteiger partial charge in [-0.15, -0.1) is 5.10 Å². The Morgan fingerprint density at radius 2 is 2.00 bits per heavy atom. The molecule has 27 heavy (non-hydrogen) atoms. The van der Waals surface area contributed by atoms with Crippen molar-refractivity contribution < 1.29 is 9.53 Å². The molecule has 0 fully saturated rings. The fourth-order valence-electron chi connectivity index (χ4n) is 2.54. The van der Waals surface area contributed by atoms with Gasteiger partial charge in [-0.1, -0.05) is 47.6 Å². The van der Waals surface area contributed by atoms with Crippen LogP contribution in [0.15, 0.2) is 66.7 Å². The van der Waals surface area contributed by atoms with Gasteiger partial charge in [0.15, 0.2) is 0 Å². The largest absolute Gasteiger partial charge is 0.497 e. The zero-order chi connectivity index (χ0) is 19.1. The van der Waals surface area contributed by atoms with E-state index in [9.17, 15) is 4.79 Å². The average Bonchev–Trinajstić information content (AvgIpc) is 3.19. The minimum atomic E-state index is -0.191. The number of benzene rings is 2. The van der Waals surface area contributed by atoms with Crippen LogP contribution in [0.5, 0.6) is 5.75 Å². The third kappa shape index (κ3) is 4.58. The molecule has 0 radical (unpaired) electrons. The molecule has 1 amide bonds. The van der Waals surface area contributed by atoms with Gasteiger partial charge in [-0.3, -0.25) is 9.69 Å². The van der Waals surface area contributed by atoms with Gasteiger partial charge in [0, 0.05) is 5.56 Å². The van der Waals surface area contributed by atoms with Gasteiger partial charge < -0.3 is 4.74 Å². The fraction of sp³-hybridized carbons (Fsp3) is 0.200. The Kier molecular flexibility index (Phi) is 5.94. The molecule has 0 aliphatic heterocycles. The molecule has 1 aromatic heterocycles. The van der Waals surface area contributed by atoms with Crippen LogP contribution in [0.25, 0.3) is 0 Å². The van der Waals surface area contributed by atoms with E-state index >= 15 is 0 Å². The van der Waals surface area contributed by atoms with Crippen molar-refractivity contribution in [2.75, 3.05) is 12.0 Å². The molecule has 0 saturated heterocycles. The van der Waals surface area contributed by atoms with Crippen LogP contribution in [0, 0.1) is 0 Å². The number of carbonyl (C=O) groups excluding carboxylic acids is 1. The van der Waals surface area contributed by atoms with Crippen molar-refractivity contribution in [1.29, 1.82) is 0 Å². The number of aromatic nitrogens is 4. The van der Waals surface area contributed by atoms with Crippen LogP contribution in [0.3, 0.4) is 0 Å². The highest BCUT2D eigenvalue weighted by Gasteiger charge is 2.22. The second-order valence-corrected chi connectivity index (χ2v) is 5.82. The molecular formula is C20H21N5O2. The van der Waals surface area contributed by atoms with E-state index < -0.39 is 0 Å². The Bertz CT molecular complexity index is 921. The monoisotopic (exact) mass is 363 g/mol. The van der Waals surface area contributed by atoms with E-state index in [0.717, 1.165) is 11.3 Å². The van der Waals surface area contributed by atoms with Crippen molar-refractivity contribution in [3.8, 4) is 5.75 Å². The molecule has 1 heterocycles. The number of methoxy groups -OCH3 is 1. The lowest BCUT2D eigenvalue weighted by Gasteiger charge is -2.19. The summed E-state index contributed by atoms with van der Waals surface area (Å²) < 4.78 is 5.28. The lowest BCUT2D eigenvalue weighted by molar-refractivity contribution is 0.0983. The molecule has 2 aromatic carbocycles. The molecule has 3 aromatic rings. The summed E-state index contributed by atoms with van der Waals surface area (Å²) in [6.07, 6.45) is 3.82. The second-order valence-electron chi connectivity index (χ2n) is 5.82. The van der Waals surface area contributed by atoms with Crippen molar-refractivity contribution in [2.24, 2.45) is 0 Å². The van der Waals surface area contributed by atoms with Gasteiger partial charge in [-0.25, -0.2) is 0 Å². The summed E-state index contributed by atoms with van der Waals surface area (Å²) >= 11 is 0. The Morgan fingerprint density at radius 3 is 2.74 bits per heavy atom. The molecule has 7 heteroatoms. The maximum Gasteiger partial charge on any atom is 0.273 e. The summed E-state index contributed by atoms with van der Waals surface area (Å²) in [5.74, 6) is 0.796. The summed E-state index contributed by atoms with van der Waals surface area (Å²) in [5.41, 5.74) is 1.47. The van der Waals surface area contributed by atoms with Crippen LogP contribution in [0.4, 0.5) is 5.95 Å². The molecule has 3 rings (SSSR count). The van der Waals surface area contributed by atoms with Gasteiger partial charge in [0.05, 0.1) is 20.2 Å². The molecule has 0 aliphatic rings. The maximum atomic E-state index is 13.1. The van der Waals surface area contributed by atoms with E-state index in [1.54, 1.807) is 19.2 Å². The van der Waals surface area contributed by atoms with Crippen LogP contribution >= 0.6 is 0 Å². The zero-order valence-corrected chi connectivity index (χ0v) is 15.3. The molecule has 0 unspecified atom stereocenters. The standard InChI is InChI=1S/C20H21N5O2/c1-3-4-13-25-22-20(21-23-25)24(19(26)17-10-6-5-7-11-17)15-16-9-8-12-18(14-16)27-2/h3-12,14H,13,15H2,1-2H3. The number of rotatable bonds is 7. The Balaban J connectivity index is 1.93. The highest BCUT2D eigenvalue weighted by Crippen LogP contribution is 2.19. The third-order valence-electron chi connectivity index (χ3n) is 3.93. The summed E-state index contributed by atoms with van der Waals surface area (Å²) in [6, 6.07) is 16.6. The Morgan fingerprint density at radius 1 is 1.19 bits per heavy atom. The van der Waals surface area contributed by atoms with E-state index in [2.05, 4.69) is 15.4 Å². The first-order valence-corrected chi connectivity index (χ1v) is 8.60. The minimum Gasteiger partial charge on any atom is -0.497 e. The number of hydrogen-bond donors (Lipinski definition) is 0. The first kappa shape index (κ1) is 18.3. The molecule has 138 valence electrons. The van der Waals surface area contributed by atoms with Gasteiger partial charge in [0.25, 0.3) is 11.9 Å². The van der Waals surface area contributed by atoms with E-state index in [4.69, 9.17) is 4.74 Å². The maximum absolute atomic E-state index is 13.1. The normalized spacial score (nSPS) is 10.9. The van der Waals surface area contributed by atoms with Gasteiger partial charge in [0.1, 0.15) is 5.75 Å². The smallest absolute Gasteiger partial charge is 0.273 e. The number of anilines is 1. The van der Waals surface area contributed by atoms with E-state index in [1.165, 1.54) is 9.70 Å². The molecule has 0 saturated carbocycles. The SMILES string of the molecule is CC=CCn1nnc(N(Cc2cccc(OC)c2)C(=O)c2ccccc2)n1. The molecule has 7 nitrogen and oxygen atoms in total. The first-order chi connectivity index (χ1) is 13.2. The lowest BCUT2D eigenvalue weighted by Crippen LogP contribution is -2.31. The summed E-state index contributed by atoms with van der Waals surface area (Å²) in [6.45, 7) is 2.72. The quantitative estimate of drug-likeness (QED) is 0.603. The molecule has 0 N–H and O–H groups in total. The fourth-order valence-corrected chi connectivity index (χ4v) is 2.54. The number of carbonyl (C=O) groups is 1. The molecule has 0 bridgehead atoms. The van der Waals surface area contributed by atoms with E-state index in [1.807, 2.05) is 61.5 Å². The van der Waals surface area contributed by atoms with Crippen molar-refractivity contribution in [2.45, 2.75) is 20.0 Å². The summed E-state index contributed by atoms with van der Waals surface area (Å²) in [4.78, 5) is 16.1. The van der Waals surface area contributed by atoms with Gasteiger partial charge >= 0.3 is 0 Å². The number of tetrazole rings is 1.